The third-order valence-electron chi connectivity index (χ3n) is 4.48. The zero-order valence-electron chi connectivity index (χ0n) is 13.2. The second-order valence-electron chi connectivity index (χ2n) is 5.76. The molecule has 0 radical (unpaired) electrons. The SMILES string of the molecule is CCC(CC)c1ccc(S(=O)(=O)N2CCCC2C(N)=O)cc1. The van der Waals surface area contributed by atoms with Gasteiger partial charge >= 0.3 is 0 Å². The quantitative estimate of drug-likeness (QED) is 0.871. The van der Waals surface area contributed by atoms with Gasteiger partial charge in [-0.2, -0.15) is 4.31 Å². The first-order valence-corrected chi connectivity index (χ1v) is 9.26. The molecule has 1 atom stereocenters. The van der Waals surface area contributed by atoms with Crippen molar-refractivity contribution >= 4 is 15.9 Å². The van der Waals surface area contributed by atoms with E-state index < -0.39 is 22.0 Å². The van der Waals surface area contributed by atoms with Gasteiger partial charge in [-0.1, -0.05) is 26.0 Å². The maximum atomic E-state index is 12.7. The van der Waals surface area contributed by atoms with Gasteiger partial charge in [0.15, 0.2) is 0 Å². The molecular formula is C16H24N2O3S. The summed E-state index contributed by atoms with van der Waals surface area (Å²) in [4.78, 5) is 11.7. The zero-order valence-corrected chi connectivity index (χ0v) is 14.0. The van der Waals surface area contributed by atoms with Crippen molar-refractivity contribution in [2.75, 3.05) is 6.54 Å². The van der Waals surface area contributed by atoms with Gasteiger partial charge in [0.25, 0.3) is 0 Å². The Morgan fingerprint density at radius 2 is 1.86 bits per heavy atom. The van der Waals surface area contributed by atoms with E-state index in [9.17, 15) is 13.2 Å². The molecule has 5 nitrogen and oxygen atoms in total. The Balaban J connectivity index is 2.28. The van der Waals surface area contributed by atoms with Crippen molar-refractivity contribution in [2.24, 2.45) is 5.73 Å². The molecule has 1 heterocycles. The molecule has 1 saturated heterocycles. The van der Waals surface area contributed by atoms with Crippen molar-refractivity contribution in [3.8, 4) is 0 Å². The zero-order chi connectivity index (χ0) is 16.3. The lowest BCUT2D eigenvalue weighted by Gasteiger charge is -2.22. The minimum atomic E-state index is -3.66. The van der Waals surface area contributed by atoms with E-state index in [1.807, 2.05) is 12.1 Å². The minimum absolute atomic E-state index is 0.232. The van der Waals surface area contributed by atoms with Crippen LogP contribution in [0.15, 0.2) is 29.2 Å². The fourth-order valence-corrected chi connectivity index (χ4v) is 4.78. The van der Waals surface area contributed by atoms with Crippen molar-refractivity contribution in [1.29, 1.82) is 0 Å². The van der Waals surface area contributed by atoms with E-state index in [0.29, 0.717) is 25.3 Å². The number of amides is 1. The van der Waals surface area contributed by atoms with Crippen LogP contribution in [-0.4, -0.2) is 31.2 Å². The summed E-state index contributed by atoms with van der Waals surface area (Å²) in [7, 11) is -3.66. The maximum absolute atomic E-state index is 12.7. The van der Waals surface area contributed by atoms with Crippen LogP contribution in [0.3, 0.4) is 0 Å². The molecule has 0 spiro atoms. The number of rotatable bonds is 6. The molecule has 1 fully saturated rings. The lowest BCUT2D eigenvalue weighted by atomic mass is 9.94. The first-order valence-electron chi connectivity index (χ1n) is 7.82. The highest BCUT2D eigenvalue weighted by molar-refractivity contribution is 7.89. The molecule has 1 aromatic rings. The molecule has 0 bridgehead atoms. The number of carbonyl (C=O) groups excluding carboxylic acids is 1. The van der Waals surface area contributed by atoms with E-state index in [-0.39, 0.29) is 4.90 Å². The second-order valence-corrected chi connectivity index (χ2v) is 7.65. The summed E-state index contributed by atoms with van der Waals surface area (Å²) in [5, 5.41) is 0. The van der Waals surface area contributed by atoms with Crippen molar-refractivity contribution in [2.45, 2.75) is 56.4 Å². The molecule has 2 rings (SSSR count). The number of hydrogen-bond donors (Lipinski definition) is 1. The molecule has 0 aromatic heterocycles. The van der Waals surface area contributed by atoms with Crippen LogP contribution in [0.4, 0.5) is 0 Å². The number of carbonyl (C=O) groups is 1. The number of primary amides is 1. The highest BCUT2D eigenvalue weighted by atomic mass is 32.2. The van der Waals surface area contributed by atoms with Gasteiger partial charge in [0.2, 0.25) is 15.9 Å². The molecule has 0 saturated carbocycles. The predicted octanol–water partition coefficient (Wildman–Crippen LogP) is 2.23. The minimum Gasteiger partial charge on any atom is -0.368 e. The van der Waals surface area contributed by atoms with Gasteiger partial charge in [-0.05, 0) is 49.3 Å². The summed E-state index contributed by atoms with van der Waals surface area (Å²) >= 11 is 0. The average molecular weight is 324 g/mol. The molecular weight excluding hydrogens is 300 g/mol. The Morgan fingerprint density at radius 1 is 1.27 bits per heavy atom. The van der Waals surface area contributed by atoms with Crippen LogP contribution < -0.4 is 5.73 Å². The van der Waals surface area contributed by atoms with Crippen molar-refractivity contribution in [3.63, 3.8) is 0 Å². The van der Waals surface area contributed by atoms with Gasteiger partial charge in [0, 0.05) is 6.54 Å². The normalized spacial score (nSPS) is 19.7. The van der Waals surface area contributed by atoms with Crippen LogP contribution in [-0.2, 0) is 14.8 Å². The lowest BCUT2D eigenvalue weighted by Crippen LogP contribution is -2.43. The van der Waals surface area contributed by atoms with Gasteiger partial charge in [0.1, 0.15) is 6.04 Å². The summed E-state index contributed by atoms with van der Waals surface area (Å²) in [5.74, 6) is -0.128. The number of nitrogens with zero attached hydrogens (tertiary/aromatic N) is 1. The van der Waals surface area contributed by atoms with Crippen LogP contribution in [0, 0.1) is 0 Å². The van der Waals surface area contributed by atoms with E-state index in [0.717, 1.165) is 18.4 Å². The van der Waals surface area contributed by atoms with E-state index in [1.54, 1.807) is 12.1 Å². The van der Waals surface area contributed by atoms with E-state index >= 15 is 0 Å². The summed E-state index contributed by atoms with van der Waals surface area (Å²) in [6, 6.07) is 6.31. The molecule has 1 unspecified atom stereocenters. The summed E-state index contributed by atoms with van der Waals surface area (Å²) in [6.07, 6.45) is 3.22. The Labute approximate surface area is 132 Å². The first kappa shape index (κ1) is 17.0. The van der Waals surface area contributed by atoms with E-state index in [4.69, 9.17) is 5.73 Å². The third kappa shape index (κ3) is 3.17. The summed E-state index contributed by atoms with van der Waals surface area (Å²) < 4.78 is 26.6. The Kier molecular flexibility index (Phi) is 5.24. The summed E-state index contributed by atoms with van der Waals surface area (Å²) in [5.41, 5.74) is 6.47. The molecule has 0 aliphatic carbocycles. The Bertz CT molecular complexity index is 621. The monoisotopic (exact) mass is 324 g/mol. The smallest absolute Gasteiger partial charge is 0.243 e. The third-order valence-corrected chi connectivity index (χ3v) is 6.40. The van der Waals surface area contributed by atoms with Crippen LogP contribution in [0.1, 0.15) is 51.0 Å². The van der Waals surface area contributed by atoms with Gasteiger partial charge in [-0.15, -0.1) is 0 Å². The number of hydrogen-bond acceptors (Lipinski definition) is 3. The fraction of sp³-hybridized carbons (Fsp3) is 0.562. The standard InChI is InChI=1S/C16H24N2O3S/c1-3-12(4-2)13-7-9-14(10-8-13)22(20,21)18-11-5-6-15(18)16(17)19/h7-10,12,15H,3-6,11H2,1-2H3,(H2,17,19). The molecule has 22 heavy (non-hydrogen) atoms. The fourth-order valence-electron chi connectivity index (χ4n) is 3.12. The number of benzene rings is 1. The Morgan fingerprint density at radius 3 is 2.36 bits per heavy atom. The van der Waals surface area contributed by atoms with Crippen LogP contribution >= 0.6 is 0 Å². The highest BCUT2D eigenvalue weighted by Crippen LogP contribution is 2.28. The lowest BCUT2D eigenvalue weighted by molar-refractivity contribution is -0.121. The van der Waals surface area contributed by atoms with Crippen molar-refractivity contribution < 1.29 is 13.2 Å². The Hall–Kier alpha value is -1.40. The van der Waals surface area contributed by atoms with Crippen LogP contribution in [0.2, 0.25) is 0 Å². The molecule has 1 aliphatic heterocycles. The van der Waals surface area contributed by atoms with Crippen molar-refractivity contribution in [1.82, 2.24) is 4.31 Å². The van der Waals surface area contributed by atoms with Crippen LogP contribution in [0.25, 0.3) is 0 Å². The molecule has 1 amide bonds. The van der Waals surface area contributed by atoms with E-state index in [1.165, 1.54) is 4.31 Å². The number of sulfonamides is 1. The maximum Gasteiger partial charge on any atom is 0.243 e. The predicted molar refractivity (Wildman–Crippen MR) is 85.9 cm³/mol. The van der Waals surface area contributed by atoms with Crippen molar-refractivity contribution in [3.05, 3.63) is 29.8 Å². The molecule has 122 valence electrons. The van der Waals surface area contributed by atoms with Gasteiger partial charge < -0.3 is 5.73 Å². The largest absolute Gasteiger partial charge is 0.368 e. The van der Waals surface area contributed by atoms with Gasteiger partial charge in [-0.3, -0.25) is 4.79 Å². The van der Waals surface area contributed by atoms with Gasteiger partial charge in [-0.25, -0.2) is 8.42 Å². The summed E-state index contributed by atoms with van der Waals surface area (Å²) in [6.45, 7) is 4.60. The number of nitrogens with two attached hydrogens (primary N) is 1. The molecule has 1 aromatic carbocycles. The molecule has 1 aliphatic rings. The molecule has 2 N–H and O–H groups in total. The van der Waals surface area contributed by atoms with Crippen LogP contribution in [0.5, 0.6) is 0 Å². The molecule has 6 heteroatoms. The second kappa shape index (κ2) is 6.79. The van der Waals surface area contributed by atoms with Gasteiger partial charge in [0.05, 0.1) is 4.90 Å². The van der Waals surface area contributed by atoms with E-state index in [2.05, 4.69) is 13.8 Å². The topological polar surface area (TPSA) is 80.5 Å². The average Bonchev–Trinajstić information content (AvgIpc) is 2.99. The highest BCUT2D eigenvalue weighted by Gasteiger charge is 2.38. The first-order chi connectivity index (χ1) is 10.4.